The first-order valence-electron chi connectivity index (χ1n) is 9.49. The molecule has 28 heavy (non-hydrogen) atoms. The highest BCUT2D eigenvalue weighted by molar-refractivity contribution is 7.89. The highest BCUT2D eigenvalue weighted by atomic mass is 32.2. The molecule has 3 heterocycles. The number of rotatable bonds is 3. The largest absolute Gasteiger partial charge is 0.319 e. The normalized spacial score (nSPS) is 17.5. The summed E-state index contributed by atoms with van der Waals surface area (Å²) in [7, 11) is -1.87. The fraction of sp³-hybridized carbons (Fsp3) is 0.400. The summed E-state index contributed by atoms with van der Waals surface area (Å²) < 4.78 is 28.8. The summed E-state index contributed by atoms with van der Waals surface area (Å²) in [5.74, 6) is -0.247. The summed E-state index contributed by atoms with van der Waals surface area (Å²) in [6.45, 7) is 1.59. The minimum atomic E-state index is -3.50. The van der Waals surface area contributed by atoms with Crippen LogP contribution in [0.4, 0.5) is 5.69 Å². The predicted octanol–water partition coefficient (Wildman–Crippen LogP) is 1.76. The van der Waals surface area contributed by atoms with Crippen LogP contribution in [0, 0.1) is 0 Å². The Morgan fingerprint density at radius 3 is 2.46 bits per heavy atom. The van der Waals surface area contributed by atoms with E-state index in [4.69, 9.17) is 0 Å². The number of benzene rings is 1. The molecule has 0 atom stereocenters. The second-order valence-corrected chi connectivity index (χ2v) is 9.26. The molecule has 1 aromatic heterocycles. The minimum absolute atomic E-state index is 0.242. The molecule has 1 aromatic carbocycles. The number of sulfonamides is 1. The number of fused-ring (bicyclic) bond motifs is 1. The van der Waals surface area contributed by atoms with E-state index in [-0.39, 0.29) is 16.4 Å². The summed E-state index contributed by atoms with van der Waals surface area (Å²) in [6, 6.07) is 7.93. The number of anilines is 1. The van der Waals surface area contributed by atoms with Crippen LogP contribution in [-0.4, -0.2) is 42.8 Å². The van der Waals surface area contributed by atoms with Crippen LogP contribution >= 0.6 is 0 Å². The van der Waals surface area contributed by atoms with E-state index >= 15 is 0 Å². The molecule has 8 heteroatoms. The molecule has 1 fully saturated rings. The summed E-state index contributed by atoms with van der Waals surface area (Å²) in [5.41, 5.74) is 1.65. The Morgan fingerprint density at radius 1 is 1.00 bits per heavy atom. The maximum atomic E-state index is 12.9. The molecular weight excluding hydrogens is 378 g/mol. The summed E-state index contributed by atoms with van der Waals surface area (Å²) in [5, 5.41) is 0. The molecule has 0 aliphatic carbocycles. The molecule has 1 amide bonds. The van der Waals surface area contributed by atoms with Gasteiger partial charge in [0.25, 0.3) is 11.5 Å². The summed E-state index contributed by atoms with van der Waals surface area (Å²) in [4.78, 5) is 26.6. The lowest BCUT2D eigenvalue weighted by molar-refractivity contribution is 0.0989. The van der Waals surface area contributed by atoms with E-state index in [1.165, 1.54) is 10.6 Å². The Kier molecular flexibility index (Phi) is 4.84. The third-order valence-electron chi connectivity index (χ3n) is 5.50. The van der Waals surface area contributed by atoms with E-state index in [9.17, 15) is 18.0 Å². The quantitative estimate of drug-likeness (QED) is 0.785. The fourth-order valence-corrected chi connectivity index (χ4v) is 5.41. The van der Waals surface area contributed by atoms with Gasteiger partial charge in [-0.15, -0.1) is 0 Å². The van der Waals surface area contributed by atoms with Gasteiger partial charge < -0.3 is 9.47 Å². The van der Waals surface area contributed by atoms with E-state index in [0.29, 0.717) is 37.3 Å². The molecule has 2 aromatic rings. The lowest BCUT2D eigenvalue weighted by atomic mass is 10.1. The van der Waals surface area contributed by atoms with Gasteiger partial charge in [0, 0.05) is 50.2 Å². The zero-order chi connectivity index (χ0) is 19.9. The average molecular weight is 401 g/mol. The number of hydrogen-bond acceptors (Lipinski definition) is 4. The van der Waals surface area contributed by atoms with Gasteiger partial charge in [0.15, 0.2) is 0 Å². The monoisotopic (exact) mass is 401 g/mol. The van der Waals surface area contributed by atoms with Gasteiger partial charge >= 0.3 is 0 Å². The van der Waals surface area contributed by atoms with E-state index in [1.807, 2.05) is 0 Å². The average Bonchev–Trinajstić information content (AvgIpc) is 3.13. The molecule has 0 N–H and O–H groups in total. The van der Waals surface area contributed by atoms with Crippen molar-refractivity contribution in [2.45, 2.75) is 30.6 Å². The van der Waals surface area contributed by atoms with E-state index in [1.54, 1.807) is 46.7 Å². The third kappa shape index (κ3) is 3.27. The lowest BCUT2D eigenvalue weighted by Crippen LogP contribution is -2.35. The van der Waals surface area contributed by atoms with Crippen molar-refractivity contribution in [3.05, 3.63) is 58.0 Å². The molecule has 2 aliphatic heterocycles. The standard InChI is InChI=1S/C20H23N3O4S/c1-21-11-7-16(14-19(21)24)20(25)23-12-8-15-13-17(5-6-18(15)23)28(26,27)22-9-3-2-4-10-22/h5-7,11,13-14H,2-4,8-10,12H2,1H3. The third-order valence-corrected chi connectivity index (χ3v) is 7.39. The second-order valence-electron chi connectivity index (χ2n) is 7.33. The van der Waals surface area contributed by atoms with Crippen LogP contribution < -0.4 is 10.5 Å². The zero-order valence-corrected chi connectivity index (χ0v) is 16.6. The van der Waals surface area contributed by atoms with Crippen molar-refractivity contribution in [3.8, 4) is 0 Å². The van der Waals surface area contributed by atoms with Crippen LogP contribution in [0.25, 0.3) is 0 Å². The topological polar surface area (TPSA) is 79.7 Å². The van der Waals surface area contributed by atoms with Gasteiger partial charge in [-0.2, -0.15) is 4.31 Å². The van der Waals surface area contributed by atoms with E-state index < -0.39 is 10.0 Å². The molecule has 0 unspecified atom stereocenters. The highest BCUT2D eigenvalue weighted by Crippen LogP contribution is 2.32. The second kappa shape index (κ2) is 7.18. The first-order valence-corrected chi connectivity index (χ1v) is 10.9. The van der Waals surface area contributed by atoms with Crippen molar-refractivity contribution in [3.63, 3.8) is 0 Å². The smallest absolute Gasteiger partial charge is 0.258 e. The van der Waals surface area contributed by atoms with E-state index in [2.05, 4.69) is 0 Å². The van der Waals surface area contributed by atoms with E-state index in [0.717, 1.165) is 24.8 Å². The summed E-state index contributed by atoms with van der Waals surface area (Å²) >= 11 is 0. The molecule has 0 spiro atoms. The Bertz CT molecular complexity index is 1080. The zero-order valence-electron chi connectivity index (χ0n) is 15.8. The molecule has 0 saturated carbocycles. The maximum Gasteiger partial charge on any atom is 0.258 e. The Hall–Kier alpha value is -2.45. The molecule has 148 valence electrons. The first-order chi connectivity index (χ1) is 13.4. The number of aromatic nitrogens is 1. The minimum Gasteiger partial charge on any atom is -0.319 e. The molecule has 0 bridgehead atoms. The van der Waals surface area contributed by atoms with Crippen LogP contribution in [0.1, 0.15) is 35.2 Å². The number of carbonyl (C=O) groups is 1. The van der Waals surface area contributed by atoms with Crippen molar-refractivity contribution >= 4 is 21.6 Å². The van der Waals surface area contributed by atoms with Crippen molar-refractivity contribution < 1.29 is 13.2 Å². The lowest BCUT2D eigenvalue weighted by Gasteiger charge is -2.26. The Balaban J connectivity index is 1.62. The van der Waals surface area contributed by atoms with Gasteiger partial charge in [-0.05, 0) is 49.1 Å². The van der Waals surface area contributed by atoms with Gasteiger partial charge in [0.05, 0.1) is 4.90 Å². The maximum absolute atomic E-state index is 12.9. The van der Waals surface area contributed by atoms with Gasteiger partial charge in [0.2, 0.25) is 10.0 Å². The predicted molar refractivity (Wildman–Crippen MR) is 106 cm³/mol. The Labute approximate surface area is 164 Å². The number of hydrogen-bond donors (Lipinski definition) is 0. The van der Waals surface area contributed by atoms with Crippen molar-refractivity contribution in [2.75, 3.05) is 24.5 Å². The number of nitrogens with zero attached hydrogens (tertiary/aromatic N) is 3. The molecule has 7 nitrogen and oxygen atoms in total. The van der Waals surface area contributed by atoms with Gasteiger partial charge in [-0.1, -0.05) is 6.42 Å². The molecule has 0 radical (unpaired) electrons. The van der Waals surface area contributed by atoms with Crippen LogP contribution in [0.15, 0.2) is 46.2 Å². The fourth-order valence-electron chi connectivity index (χ4n) is 3.84. The number of pyridine rings is 1. The molecular formula is C20H23N3O4S. The van der Waals surface area contributed by atoms with Crippen molar-refractivity contribution in [1.82, 2.24) is 8.87 Å². The number of aryl methyl sites for hydroxylation is 1. The van der Waals surface area contributed by atoms with Crippen LogP contribution in [0.5, 0.6) is 0 Å². The van der Waals surface area contributed by atoms with Gasteiger partial charge in [-0.25, -0.2) is 8.42 Å². The molecule has 4 rings (SSSR count). The van der Waals surface area contributed by atoms with Crippen LogP contribution in [0.2, 0.25) is 0 Å². The van der Waals surface area contributed by atoms with Crippen LogP contribution in [-0.2, 0) is 23.5 Å². The van der Waals surface area contributed by atoms with Crippen molar-refractivity contribution in [1.29, 1.82) is 0 Å². The molecule has 2 aliphatic rings. The SMILES string of the molecule is Cn1ccc(C(=O)N2CCc3cc(S(=O)(=O)N4CCCCC4)ccc32)cc1=O. The van der Waals surface area contributed by atoms with Crippen molar-refractivity contribution in [2.24, 2.45) is 7.05 Å². The number of piperidine rings is 1. The van der Waals surface area contributed by atoms with Gasteiger partial charge in [0.1, 0.15) is 0 Å². The number of amides is 1. The van der Waals surface area contributed by atoms with Crippen LogP contribution in [0.3, 0.4) is 0 Å². The van der Waals surface area contributed by atoms with Gasteiger partial charge in [-0.3, -0.25) is 9.59 Å². The highest BCUT2D eigenvalue weighted by Gasteiger charge is 2.30. The number of carbonyl (C=O) groups excluding carboxylic acids is 1. The summed E-state index contributed by atoms with van der Waals surface area (Å²) in [6.07, 6.45) is 5.01. The first kappa shape index (κ1) is 18.9. The molecule has 1 saturated heterocycles. The Morgan fingerprint density at radius 2 is 1.75 bits per heavy atom.